The van der Waals surface area contributed by atoms with Crippen molar-refractivity contribution in [3.05, 3.63) is 95.0 Å². The molecule has 0 unspecified atom stereocenters. The first-order valence-corrected chi connectivity index (χ1v) is 14.7. The van der Waals surface area contributed by atoms with Crippen LogP contribution < -0.4 is 10.6 Å². The number of benzene rings is 2. The maximum atomic E-state index is 14.0. The highest BCUT2D eigenvalue weighted by molar-refractivity contribution is 6.01. The minimum Gasteiger partial charge on any atom is -0.446 e. The number of hydrogen-bond donors (Lipinski definition) is 3. The van der Waals surface area contributed by atoms with Gasteiger partial charge in [-0.05, 0) is 81.5 Å². The molecule has 2 amide bonds. The third-order valence-corrected chi connectivity index (χ3v) is 8.17. The lowest BCUT2D eigenvalue weighted by Crippen LogP contribution is -2.52. The lowest BCUT2D eigenvalue weighted by atomic mass is 9.94. The summed E-state index contributed by atoms with van der Waals surface area (Å²) in [4.78, 5) is 38.0. The first-order chi connectivity index (χ1) is 21.2. The highest BCUT2D eigenvalue weighted by Crippen LogP contribution is 2.33. The molecule has 0 saturated carbocycles. The van der Waals surface area contributed by atoms with Crippen LogP contribution in [0.15, 0.2) is 64.0 Å². The fraction of sp³-hybridized carbons (Fsp3) is 0.375. The number of amides is 2. The van der Waals surface area contributed by atoms with Crippen LogP contribution in [0.25, 0.3) is 11.5 Å². The highest BCUT2D eigenvalue weighted by atomic mass is 19.1. The second-order valence-corrected chi connectivity index (χ2v) is 11.4. The van der Waals surface area contributed by atoms with Crippen molar-refractivity contribution >= 4 is 11.8 Å². The van der Waals surface area contributed by atoms with E-state index in [9.17, 15) is 23.5 Å². The molecule has 12 heteroatoms. The Morgan fingerprint density at radius 2 is 1.89 bits per heavy atom. The molecule has 2 saturated heterocycles. The summed E-state index contributed by atoms with van der Waals surface area (Å²) in [5, 5.41) is 17.4. The van der Waals surface area contributed by atoms with Gasteiger partial charge in [-0.1, -0.05) is 0 Å². The number of carbonyl (C=O) groups excluding carboxylic acids is 2. The molecule has 10 nitrogen and oxygen atoms in total. The molecule has 2 aliphatic rings. The van der Waals surface area contributed by atoms with Crippen LogP contribution in [0.3, 0.4) is 0 Å². The Labute approximate surface area is 252 Å². The Morgan fingerprint density at radius 1 is 1.09 bits per heavy atom. The van der Waals surface area contributed by atoms with Gasteiger partial charge in [-0.25, -0.2) is 18.7 Å². The summed E-state index contributed by atoms with van der Waals surface area (Å²) < 4.78 is 39.1. The van der Waals surface area contributed by atoms with E-state index in [1.54, 1.807) is 23.3 Å². The summed E-state index contributed by atoms with van der Waals surface area (Å²) in [7, 11) is 0. The monoisotopic (exact) mass is 605 g/mol. The number of oxazole rings is 2. The molecule has 230 valence electrons. The fourth-order valence-electron chi connectivity index (χ4n) is 6.10. The minimum absolute atomic E-state index is 0.0179. The molecule has 4 aromatic rings. The van der Waals surface area contributed by atoms with Crippen LogP contribution in [-0.2, 0) is 6.42 Å². The number of halogens is 2. The summed E-state index contributed by atoms with van der Waals surface area (Å²) in [5.41, 5.74) is 1.79. The predicted molar refractivity (Wildman–Crippen MR) is 155 cm³/mol. The zero-order chi connectivity index (χ0) is 30.8. The molecule has 0 spiro atoms. The van der Waals surface area contributed by atoms with Crippen molar-refractivity contribution in [2.24, 2.45) is 0 Å². The van der Waals surface area contributed by atoms with Crippen LogP contribution in [-0.4, -0.2) is 63.1 Å². The zero-order valence-electron chi connectivity index (χ0n) is 24.1. The molecule has 2 aliphatic heterocycles. The number of aliphatic hydroxyl groups excluding tert-OH is 1. The van der Waals surface area contributed by atoms with Crippen molar-refractivity contribution in [2.75, 3.05) is 13.1 Å². The van der Waals surface area contributed by atoms with Gasteiger partial charge < -0.3 is 29.5 Å². The third kappa shape index (κ3) is 6.41. The lowest BCUT2D eigenvalue weighted by molar-refractivity contribution is 0.0715. The van der Waals surface area contributed by atoms with Gasteiger partial charge in [0.1, 0.15) is 30.2 Å². The van der Waals surface area contributed by atoms with E-state index in [-0.39, 0.29) is 47.0 Å². The van der Waals surface area contributed by atoms with Crippen LogP contribution in [0.5, 0.6) is 0 Å². The summed E-state index contributed by atoms with van der Waals surface area (Å²) in [6, 6.07) is 6.25. The molecule has 4 atom stereocenters. The molecule has 2 fully saturated rings. The lowest BCUT2D eigenvalue weighted by Gasteiger charge is -2.29. The summed E-state index contributed by atoms with van der Waals surface area (Å²) in [5.74, 6) is -1.71. The number of aromatic nitrogens is 2. The van der Waals surface area contributed by atoms with Crippen LogP contribution >= 0.6 is 0 Å². The predicted octanol–water partition coefficient (Wildman–Crippen LogP) is 4.35. The number of nitrogens with one attached hydrogen (secondary N) is 2. The smallest absolute Gasteiger partial charge is 0.254 e. The molecule has 2 aromatic heterocycles. The van der Waals surface area contributed by atoms with Crippen LogP contribution in [0, 0.1) is 18.6 Å². The number of carbonyl (C=O) groups is 2. The Hall–Kier alpha value is -4.42. The van der Waals surface area contributed by atoms with E-state index >= 15 is 0 Å². The van der Waals surface area contributed by atoms with Crippen molar-refractivity contribution in [1.29, 1.82) is 0 Å². The van der Waals surface area contributed by atoms with Crippen molar-refractivity contribution in [3.8, 4) is 11.5 Å². The number of likely N-dealkylation sites (tertiary alicyclic amines) is 1. The van der Waals surface area contributed by atoms with Gasteiger partial charge >= 0.3 is 0 Å². The van der Waals surface area contributed by atoms with E-state index in [4.69, 9.17) is 8.83 Å². The maximum Gasteiger partial charge on any atom is 0.254 e. The number of aryl methyl sites for hydroxylation is 1. The molecule has 6 rings (SSSR count). The summed E-state index contributed by atoms with van der Waals surface area (Å²) in [6.45, 7) is 3.02. The first-order valence-electron chi connectivity index (χ1n) is 14.7. The maximum absolute atomic E-state index is 14.0. The average Bonchev–Trinajstić information content (AvgIpc) is 3.83. The molecule has 3 N–H and O–H groups in total. The first kappa shape index (κ1) is 29.6. The van der Waals surface area contributed by atoms with E-state index < -0.39 is 29.7 Å². The van der Waals surface area contributed by atoms with Crippen LogP contribution in [0.4, 0.5) is 8.78 Å². The third-order valence-electron chi connectivity index (χ3n) is 8.17. The number of hydrogen-bond acceptors (Lipinski definition) is 8. The number of nitrogens with zero attached hydrogens (tertiary/aromatic N) is 3. The van der Waals surface area contributed by atoms with Gasteiger partial charge in [-0.3, -0.25) is 9.59 Å². The van der Waals surface area contributed by atoms with Gasteiger partial charge in [-0.15, -0.1) is 0 Å². The summed E-state index contributed by atoms with van der Waals surface area (Å²) in [6.07, 6.45) is 6.33. The second kappa shape index (κ2) is 12.7. The van der Waals surface area contributed by atoms with E-state index in [1.807, 2.05) is 6.92 Å². The molecular weight excluding hydrogens is 572 g/mol. The topological polar surface area (TPSA) is 134 Å². The molecule has 0 aliphatic carbocycles. The Kier molecular flexibility index (Phi) is 8.53. The van der Waals surface area contributed by atoms with Crippen molar-refractivity contribution < 1.29 is 32.3 Å². The van der Waals surface area contributed by atoms with E-state index in [2.05, 4.69) is 20.6 Å². The van der Waals surface area contributed by atoms with Crippen LogP contribution in [0.2, 0.25) is 0 Å². The molecule has 44 heavy (non-hydrogen) atoms. The van der Waals surface area contributed by atoms with E-state index in [0.717, 1.165) is 24.6 Å². The highest BCUT2D eigenvalue weighted by Gasteiger charge is 2.35. The van der Waals surface area contributed by atoms with E-state index in [1.165, 1.54) is 30.7 Å². The van der Waals surface area contributed by atoms with Crippen molar-refractivity contribution in [1.82, 2.24) is 25.5 Å². The van der Waals surface area contributed by atoms with Crippen LogP contribution in [0.1, 0.15) is 69.6 Å². The fourth-order valence-corrected chi connectivity index (χ4v) is 6.10. The number of aliphatic hydroxyl groups is 1. The van der Waals surface area contributed by atoms with E-state index in [0.29, 0.717) is 37.4 Å². The zero-order valence-corrected chi connectivity index (χ0v) is 24.1. The Balaban J connectivity index is 1.31. The number of rotatable bonds is 9. The molecule has 2 aromatic carbocycles. The largest absolute Gasteiger partial charge is 0.446 e. The summed E-state index contributed by atoms with van der Waals surface area (Å²) >= 11 is 0. The van der Waals surface area contributed by atoms with Gasteiger partial charge in [0.15, 0.2) is 0 Å². The molecular formula is C32H33F2N5O5. The van der Waals surface area contributed by atoms with Crippen molar-refractivity contribution in [3.63, 3.8) is 0 Å². The van der Waals surface area contributed by atoms with Gasteiger partial charge in [0.05, 0.1) is 24.0 Å². The average molecular weight is 606 g/mol. The molecule has 4 heterocycles. The SMILES string of the molecule is Cc1coc([C@H]2CCCN2C(=O)c2cc(C(=O)N[C@@H](Cc3cc(F)cc(F)c3)[C@H](O)[C@H]3CCCN3)cc(-c3ncco3)c2)n1. The van der Waals surface area contributed by atoms with Gasteiger partial charge in [0.2, 0.25) is 11.8 Å². The van der Waals surface area contributed by atoms with Gasteiger partial charge in [0.25, 0.3) is 11.8 Å². The quantitative estimate of drug-likeness (QED) is 0.257. The van der Waals surface area contributed by atoms with Gasteiger partial charge in [-0.2, -0.15) is 0 Å². The van der Waals surface area contributed by atoms with Gasteiger partial charge in [0, 0.05) is 35.3 Å². The Morgan fingerprint density at radius 3 is 2.57 bits per heavy atom. The standard InChI is InChI=1S/C32H33F2N5O5/c1-18-17-44-31(37-18)27-5-3-8-39(27)32(42)22-14-20(13-21(15-22)30-36-7-9-43-30)29(41)38-26(28(40)25-4-2-6-35-25)12-19-10-23(33)16-24(34)11-19/h7,9-11,13-17,25-28,35,40H,2-6,8,12H2,1H3,(H,38,41)/t25-,26+,27-,28-/m1/s1. The molecule has 0 bridgehead atoms. The van der Waals surface area contributed by atoms with Crippen molar-refractivity contribution in [2.45, 2.75) is 63.3 Å². The minimum atomic E-state index is -1.04. The molecule has 0 radical (unpaired) electrons. The Bertz CT molecular complexity index is 1620. The second-order valence-electron chi connectivity index (χ2n) is 11.4. The normalized spacial score (nSPS) is 19.7.